The highest BCUT2D eigenvalue weighted by atomic mass is 16.5. The second kappa shape index (κ2) is 4.06. The fourth-order valence-electron chi connectivity index (χ4n) is 4.45. The standard InChI is InChI=1S/C18H21NO3/c1-19-8-7-18-11-4-5-13(20)17(18)22-16-14(21-2)6-3-10(15(16)18)9-12(11)19/h3-6,11-13,17,20H,7-9H2,1-2H3/t11-,12+,13?,17?,18-/m0/s1/i2D3,3D,6D,9D2,11D,20D. The summed E-state index contributed by atoms with van der Waals surface area (Å²) in [5.74, 6) is -2.13. The Morgan fingerprint density at radius 1 is 1.64 bits per heavy atom. The number of piperidine rings is 1. The van der Waals surface area contributed by atoms with Gasteiger partial charge in [0, 0.05) is 27.0 Å². The molecule has 1 fully saturated rings. The van der Waals surface area contributed by atoms with Gasteiger partial charge in [0.2, 0.25) is 1.43 Å². The van der Waals surface area contributed by atoms with E-state index in [0.29, 0.717) is 13.0 Å². The van der Waals surface area contributed by atoms with Gasteiger partial charge in [0.15, 0.2) is 11.5 Å². The molecular formula is C18H21NO3. The summed E-state index contributed by atoms with van der Waals surface area (Å²) in [6, 6.07) is -2.05. The number of hydrogen-bond donors (Lipinski definition) is 1. The van der Waals surface area contributed by atoms with Gasteiger partial charge in [-0.25, -0.2) is 0 Å². The number of likely N-dealkylation sites (N-methyl/N-ethyl adjacent to an activating group) is 1. The Kier molecular flexibility index (Phi) is 1.28. The fourth-order valence-corrected chi connectivity index (χ4v) is 4.45. The molecule has 4 aliphatic rings. The van der Waals surface area contributed by atoms with Gasteiger partial charge in [-0.05, 0) is 38.0 Å². The monoisotopic (exact) mass is 308 g/mol. The summed E-state index contributed by atoms with van der Waals surface area (Å²) in [5, 5.41) is 4.86. The zero-order valence-corrected chi connectivity index (χ0v) is 12.0. The van der Waals surface area contributed by atoms with E-state index in [1.165, 1.54) is 6.08 Å². The molecule has 1 aromatic carbocycles. The number of methoxy groups -OCH3 is 1. The number of ether oxygens (including phenoxy) is 2. The molecule has 2 unspecified atom stereocenters. The summed E-state index contributed by atoms with van der Waals surface area (Å²) in [7, 11) is -1.20. The van der Waals surface area contributed by atoms with E-state index in [0.717, 1.165) is 0 Å². The molecule has 0 radical (unpaired) electrons. The molecule has 4 heteroatoms. The van der Waals surface area contributed by atoms with Crippen molar-refractivity contribution in [1.29, 1.82) is 1.43 Å². The highest BCUT2D eigenvalue weighted by molar-refractivity contribution is 5.62. The Morgan fingerprint density at radius 2 is 2.59 bits per heavy atom. The Morgan fingerprint density at radius 3 is 3.45 bits per heavy atom. The van der Waals surface area contributed by atoms with Crippen LogP contribution in [0.15, 0.2) is 24.2 Å². The van der Waals surface area contributed by atoms with Gasteiger partial charge in [0.05, 0.1) is 13.9 Å². The number of nitrogens with zero attached hydrogens (tertiary/aromatic N) is 1. The molecule has 1 saturated heterocycles. The fraction of sp³-hybridized carbons (Fsp3) is 0.556. The molecule has 5 rings (SSSR count). The molecule has 0 aromatic heterocycles. The van der Waals surface area contributed by atoms with Gasteiger partial charge >= 0.3 is 0 Å². The van der Waals surface area contributed by atoms with Gasteiger partial charge in [-0.1, -0.05) is 18.2 Å². The first-order chi connectivity index (χ1) is 14.3. The first-order valence-corrected chi connectivity index (χ1v) is 7.36. The van der Waals surface area contributed by atoms with Gasteiger partial charge in [0.1, 0.15) is 12.2 Å². The summed E-state index contributed by atoms with van der Waals surface area (Å²) >= 11 is 0. The number of aliphatic hydroxyl groups is 1. The number of aliphatic hydroxyl groups excluding tert-OH is 1. The van der Waals surface area contributed by atoms with Gasteiger partial charge in [-0.2, -0.15) is 0 Å². The van der Waals surface area contributed by atoms with Crippen molar-refractivity contribution in [3.8, 4) is 11.5 Å². The maximum absolute atomic E-state index is 9.48. The molecule has 4 nitrogen and oxygen atoms in total. The third-order valence-corrected chi connectivity index (χ3v) is 5.42. The van der Waals surface area contributed by atoms with E-state index >= 15 is 0 Å². The lowest BCUT2D eigenvalue weighted by atomic mass is 9.53. The third-order valence-electron chi connectivity index (χ3n) is 5.42. The van der Waals surface area contributed by atoms with Crippen LogP contribution in [0, 0.1) is 5.89 Å². The lowest BCUT2D eigenvalue weighted by Gasteiger charge is -2.56. The van der Waals surface area contributed by atoms with E-state index in [-0.39, 0.29) is 16.9 Å². The molecular weight excluding hydrogens is 278 g/mol. The van der Waals surface area contributed by atoms with Crippen LogP contribution in [0.4, 0.5) is 0 Å². The largest absolute Gasteiger partial charge is 0.493 e. The van der Waals surface area contributed by atoms with Crippen molar-refractivity contribution in [3.05, 3.63) is 35.4 Å². The van der Waals surface area contributed by atoms with Crippen molar-refractivity contribution in [2.24, 2.45) is 5.89 Å². The van der Waals surface area contributed by atoms with Crippen LogP contribution in [-0.4, -0.2) is 50.3 Å². The highest BCUT2D eigenvalue weighted by Crippen LogP contribution is 2.62. The van der Waals surface area contributed by atoms with E-state index in [1.54, 1.807) is 18.0 Å². The minimum absolute atomic E-state index is 0.0775. The number of rotatable bonds is 2. The topological polar surface area (TPSA) is 41.9 Å². The second-order valence-corrected chi connectivity index (χ2v) is 6.33. The molecule has 2 aliphatic carbocycles. The minimum Gasteiger partial charge on any atom is -0.493 e. The van der Waals surface area contributed by atoms with E-state index in [4.69, 9.17) is 25.6 Å². The molecule has 1 aromatic rings. The Hall–Kier alpha value is -1.52. The predicted molar refractivity (Wildman–Crippen MR) is 82.5 cm³/mol. The zero-order chi connectivity index (χ0) is 22.7. The van der Waals surface area contributed by atoms with Crippen LogP contribution in [0.3, 0.4) is 0 Å². The normalized spacial score (nSPS) is 53.1. The molecule has 2 heterocycles. The first-order valence-electron chi connectivity index (χ1n) is 11.8. The molecule has 22 heavy (non-hydrogen) atoms. The van der Waals surface area contributed by atoms with Crippen LogP contribution in [-0.2, 0) is 11.8 Å². The molecule has 0 amide bonds. The van der Waals surface area contributed by atoms with Crippen LogP contribution >= 0.6 is 0 Å². The maximum atomic E-state index is 9.48. The van der Waals surface area contributed by atoms with Crippen LogP contribution < -0.4 is 9.47 Å². The Labute approximate surface area is 143 Å². The number of likely N-dealkylation sites (tertiary alicyclic amines) is 1. The smallest absolute Gasteiger partial charge is 0.211 e. The van der Waals surface area contributed by atoms with Crippen molar-refractivity contribution >= 4 is 0 Å². The quantitative estimate of drug-likeness (QED) is 0.841. The predicted octanol–water partition coefficient (Wildman–Crippen LogP) is 1.50. The highest BCUT2D eigenvalue weighted by Gasteiger charge is 2.64. The third kappa shape index (κ3) is 1.28. The van der Waals surface area contributed by atoms with Crippen molar-refractivity contribution in [2.75, 3.05) is 20.6 Å². The molecule has 1 N–H and O–H groups in total. The zero-order valence-electron chi connectivity index (χ0n) is 21.0. The first kappa shape index (κ1) is 6.93. The number of benzene rings is 1. The van der Waals surface area contributed by atoms with E-state index in [2.05, 4.69) is 0 Å². The van der Waals surface area contributed by atoms with Crippen LogP contribution in [0.1, 0.15) is 28.5 Å². The molecule has 5 atom stereocenters. The van der Waals surface area contributed by atoms with Gasteiger partial charge in [-0.3, -0.25) is 0 Å². The van der Waals surface area contributed by atoms with Gasteiger partial charge in [-0.15, -0.1) is 0 Å². The molecule has 2 bridgehead atoms. The van der Waals surface area contributed by atoms with Crippen molar-refractivity contribution in [1.82, 2.24) is 4.90 Å². The van der Waals surface area contributed by atoms with E-state index < -0.39 is 60.8 Å². The second-order valence-electron chi connectivity index (χ2n) is 6.33. The van der Waals surface area contributed by atoms with E-state index in [1.807, 2.05) is 0 Å². The van der Waals surface area contributed by atoms with Crippen LogP contribution in [0.2, 0.25) is 0 Å². The summed E-state index contributed by atoms with van der Waals surface area (Å²) in [6.45, 7) is 0.424. The Balaban J connectivity index is 1.92. The van der Waals surface area contributed by atoms with Crippen LogP contribution in [0.25, 0.3) is 0 Å². The molecule has 116 valence electrons. The number of hydrogen-bond acceptors (Lipinski definition) is 4. The van der Waals surface area contributed by atoms with Crippen molar-refractivity contribution in [2.45, 2.75) is 36.5 Å². The summed E-state index contributed by atoms with van der Waals surface area (Å²) in [4.78, 5) is 1.75. The minimum atomic E-state index is -2.92. The average Bonchev–Trinajstić information content (AvgIpc) is 2.98. The van der Waals surface area contributed by atoms with Gasteiger partial charge in [0.25, 0.3) is 0 Å². The molecule has 2 aliphatic heterocycles. The lowest BCUT2D eigenvalue weighted by Crippen LogP contribution is -2.64. The summed E-state index contributed by atoms with van der Waals surface area (Å²) in [5.41, 5.74) is -1.06. The molecule has 1 spiro atoms. The van der Waals surface area contributed by atoms with Crippen LogP contribution in [0.5, 0.6) is 11.5 Å². The lowest BCUT2D eigenvalue weighted by molar-refractivity contribution is -0.0453. The molecule has 0 saturated carbocycles. The SMILES string of the molecule is [2H]OC1C=C[C@@]2([2H])[C@@H]3N(C)CC[C@@]24c2c(c(OC([2H])([2H])[2H])c([2H])c([2H])c2C3([2H])[2H])OC14. The van der Waals surface area contributed by atoms with E-state index in [9.17, 15) is 1.37 Å². The van der Waals surface area contributed by atoms with Crippen molar-refractivity contribution in [3.63, 3.8) is 0 Å². The summed E-state index contributed by atoms with van der Waals surface area (Å²) < 4.78 is 85.5. The maximum Gasteiger partial charge on any atom is 0.211 e. The average molecular weight is 308 g/mol. The van der Waals surface area contributed by atoms with Crippen molar-refractivity contribution < 1.29 is 25.5 Å². The van der Waals surface area contributed by atoms with Gasteiger partial charge < -0.3 is 19.5 Å². The summed E-state index contributed by atoms with van der Waals surface area (Å²) in [6.07, 6.45) is -0.615. The Bertz CT molecular complexity index is 1010.